The molecule has 30 heavy (non-hydrogen) atoms. The van der Waals surface area contributed by atoms with E-state index in [2.05, 4.69) is 34.6 Å². The molecule has 0 aliphatic heterocycles. The second-order valence-electron chi connectivity index (χ2n) is 9.66. The molecule has 2 nitrogen and oxygen atoms in total. The average Bonchev–Trinajstić information content (AvgIpc) is 2.76. The Morgan fingerprint density at radius 1 is 0.600 bits per heavy atom. The maximum atomic E-state index is 13.0. The van der Waals surface area contributed by atoms with E-state index in [4.69, 9.17) is 4.74 Å². The minimum atomic E-state index is 0.0999. The second-order valence-corrected chi connectivity index (χ2v) is 9.66. The number of ether oxygens (including phenoxy) is 1. The lowest BCUT2D eigenvalue weighted by Gasteiger charge is -2.23. The van der Waals surface area contributed by atoms with E-state index in [1.807, 2.05) is 0 Å². The first-order chi connectivity index (χ1) is 14.6. The first-order valence-electron chi connectivity index (χ1n) is 13.8. The third kappa shape index (κ3) is 16.2. The van der Waals surface area contributed by atoms with Gasteiger partial charge in [-0.25, -0.2) is 0 Å². The molecule has 0 aromatic heterocycles. The summed E-state index contributed by atoms with van der Waals surface area (Å²) < 4.78 is 5.89. The monoisotopic (exact) mass is 424 g/mol. The van der Waals surface area contributed by atoms with Crippen LogP contribution in [0, 0.1) is 17.8 Å². The molecule has 0 heterocycles. The van der Waals surface area contributed by atoms with E-state index in [1.54, 1.807) is 0 Å². The number of unbranched alkanes of at least 4 members (excludes halogenated alkanes) is 9. The summed E-state index contributed by atoms with van der Waals surface area (Å²) in [5, 5.41) is 0. The zero-order valence-electron chi connectivity index (χ0n) is 21.5. The molecule has 0 aliphatic rings. The van der Waals surface area contributed by atoms with E-state index in [0.29, 0.717) is 18.4 Å². The minimum Gasteiger partial charge on any atom is -0.465 e. The van der Waals surface area contributed by atoms with Gasteiger partial charge in [-0.05, 0) is 31.1 Å². The van der Waals surface area contributed by atoms with Gasteiger partial charge in [0.05, 0.1) is 12.5 Å². The van der Waals surface area contributed by atoms with Gasteiger partial charge < -0.3 is 4.74 Å². The molecule has 0 aromatic rings. The highest BCUT2D eigenvalue weighted by Crippen LogP contribution is 2.27. The average molecular weight is 425 g/mol. The zero-order valence-corrected chi connectivity index (χ0v) is 21.5. The van der Waals surface area contributed by atoms with Gasteiger partial charge in [0.25, 0.3) is 0 Å². The Labute approximate surface area is 190 Å². The van der Waals surface area contributed by atoms with E-state index >= 15 is 0 Å². The molecule has 0 fully saturated rings. The Kier molecular flexibility index (Phi) is 21.3. The number of rotatable bonds is 22. The van der Waals surface area contributed by atoms with Crippen LogP contribution in [0.15, 0.2) is 0 Å². The molecule has 3 unspecified atom stereocenters. The molecule has 180 valence electrons. The molecule has 0 bridgehead atoms. The third-order valence-electron chi connectivity index (χ3n) is 6.91. The van der Waals surface area contributed by atoms with E-state index in [0.717, 1.165) is 19.3 Å². The van der Waals surface area contributed by atoms with Crippen LogP contribution in [-0.4, -0.2) is 12.6 Å². The fourth-order valence-electron chi connectivity index (χ4n) is 4.46. The molecule has 0 saturated carbocycles. The van der Waals surface area contributed by atoms with Gasteiger partial charge in [-0.15, -0.1) is 0 Å². The highest BCUT2D eigenvalue weighted by Gasteiger charge is 2.24. The maximum Gasteiger partial charge on any atom is 0.308 e. The lowest BCUT2D eigenvalue weighted by Crippen LogP contribution is -2.23. The van der Waals surface area contributed by atoms with Gasteiger partial charge in [0.2, 0.25) is 0 Å². The van der Waals surface area contributed by atoms with Gasteiger partial charge in [0, 0.05) is 0 Å². The summed E-state index contributed by atoms with van der Waals surface area (Å²) in [7, 11) is 0. The van der Waals surface area contributed by atoms with Gasteiger partial charge in [-0.1, -0.05) is 131 Å². The molecule has 0 rings (SSSR count). The third-order valence-corrected chi connectivity index (χ3v) is 6.91. The maximum absolute atomic E-state index is 13.0. The zero-order chi connectivity index (χ0) is 22.5. The second kappa shape index (κ2) is 21.7. The molecule has 0 aliphatic carbocycles. The predicted molar refractivity (Wildman–Crippen MR) is 133 cm³/mol. The first-order valence-corrected chi connectivity index (χ1v) is 13.8. The normalized spacial score (nSPS) is 14.4. The van der Waals surface area contributed by atoms with Crippen molar-refractivity contribution in [1.82, 2.24) is 0 Å². The standard InChI is InChI=1S/C28H56O2/c1-6-11-14-15-16-17-18-19-22-27(23-25(9-4)20-12-7-2)28(29)30-24-26(10-5)21-13-8-3/h25-27H,6-24H2,1-5H3. The Balaban J connectivity index is 4.51. The molecular formula is C28H56O2. The number of carbonyl (C=O) groups excluding carboxylic acids is 1. The van der Waals surface area contributed by atoms with Crippen molar-refractivity contribution in [2.75, 3.05) is 6.61 Å². The molecule has 0 amide bonds. The van der Waals surface area contributed by atoms with Crippen molar-refractivity contribution in [3.8, 4) is 0 Å². The molecular weight excluding hydrogens is 368 g/mol. The smallest absolute Gasteiger partial charge is 0.308 e. The van der Waals surface area contributed by atoms with Crippen LogP contribution in [-0.2, 0) is 9.53 Å². The molecule has 0 radical (unpaired) electrons. The number of hydrogen-bond donors (Lipinski definition) is 0. The Bertz CT molecular complexity index is 366. The van der Waals surface area contributed by atoms with Gasteiger partial charge in [-0.2, -0.15) is 0 Å². The number of esters is 1. The van der Waals surface area contributed by atoms with Crippen LogP contribution >= 0.6 is 0 Å². The van der Waals surface area contributed by atoms with E-state index in [1.165, 1.54) is 96.3 Å². The Hall–Kier alpha value is -0.530. The van der Waals surface area contributed by atoms with Crippen molar-refractivity contribution < 1.29 is 9.53 Å². The number of carbonyl (C=O) groups is 1. The van der Waals surface area contributed by atoms with Crippen molar-refractivity contribution in [2.24, 2.45) is 17.8 Å². The number of hydrogen-bond acceptors (Lipinski definition) is 2. The summed E-state index contributed by atoms with van der Waals surface area (Å²) in [5.41, 5.74) is 0. The molecule has 0 saturated heterocycles. The van der Waals surface area contributed by atoms with E-state index < -0.39 is 0 Å². The van der Waals surface area contributed by atoms with Crippen LogP contribution < -0.4 is 0 Å². The van der Waals surface area contributed by atoms with Crippen LogP contribution in [0.3, 0.4) is 0 Å². The molecule has 0 aromatic carbocycles. The highest BCUT2D eigenvalue weighted by atomic mass is 16.5. The van der Waals surface area contributed by atoms with Gasteiger partial charge in [-0.3, -0.25) is 4.79 Å². The van der Waals surface area contributed by atoms with Crippen LogP contribution in [0.5, 0.6) is 0 Å². The van der Waals surface area contributed by atoms with Crippen molar-refractivity contribution in [3.63, 3.8) is 0 Å². The fourth-order valence-corrected chi connectivity index (χ4v) is 4.46. The topological polar surface area (TPSA) is 26.3 Å². The predicted octanol–water partition coefficient (Wildman–Crippen LogP) is 9.50. The van der Waals surface area contributed by atoms with Gasteiger partial charge in [0.15, 0.2) is 0 Å². The largest absolute Gasteiger partial charge is 0.465 e. The van der Waals surface area contributed by atoms with Crippen LogP contribution in [0.2, 0.25) is 0 Å². The Morgan fingerprint density at radius 2 is 1.10 bits per heavy atom. The molecule has 0 spiro atoms. The van der Waals surface area contributed by atoms with Crippen molar-refractivity contribution in [3.05, 3.63) is 0 Å². The minimum absolute atomic E-state index is 0.0999. The summed E-state index contributed by atoms with van der Waals surface area (Å²) in [6.45, 7) is 11.9. The van der Waals surface area contributed by atoms with Crippen LogP contribution in [0.25, 0.3) is 0 Å². The van der Waals surface area contributed by atoms with E-state index in [9.17, 15) is 4.79 Å². The summed E-state index contributed by atoms with van der Waals surface area (Å²) in [6, 6.07) is 0. The fraction of sp³-hybridized carbons (Fsp3) is 0.964. The Morgan fingerprint density at radius 3 is 1.63 bits per heavy atom. The lowest BCUT2D eigenvalue weighted by molar-refractivity contribution is -0.151. The SMILES string of the molecule is CCCCCCCCCCC(CC(CC)CCCC)C(=O)OCC(CC)CCCC. The summed E-state index contributed by atoms with van der Waals surface area (Å²) >= 11 is 0. The molecule has 3 atom stereocenters. The first kappa shape index (κ1) is 29.5. The van der Waals surface area contributed by atoms with Crippen LogP contribution in [0.1, 0.15) is 150 Å². The quantitative estimate of drug-likeness (QED) is 0.128. The van der Waals surface area contributed by atoms with Crippen LogP contribution in [0.4, 0.5) is 0 Å². The van der Waals surface area contributed by atoms with Gasteiger partial charge in [0.1, 0.15) is 0 Å². The summed E-state index contributed by atoms with van der Waals surface area (Å²) in [4.78, 5) is 13.0. The van der Waals surface area contributed by atoms with Crippen molar-refractivity contribution >= 4 is 5.97 Å². The van der Waals surface area contributed by atoms with Crippen molar-refractivity contribution in [1.29, 1.82) is 0 Å². The van der Waals surface area contributed by atoms with E-state index in [-0.39, 0.29) is 11.9 Å². The highest BCUT2D eigenvalue weighted by molar-refractivity contribution is 5.72. The summed E-state index contributed by atoms with van der Waals surface area (Å²) in [5.74, 6) is 1.44. The van der Waals surface area contributed by atoms with Crippen molar-refractivity contribution in [2.45, 2.75) is 150 Å². The molecule has 0 N–H and O–H groups in total. The van der Waals surface area contributed by atoms with Gasteiger partial charge >= 0.3 is 5.97 Å². The summed E-state index contributed by atoms with van der Waals surface area (Å²) in [6.07, 6.45) is 22.4. The molecule has 2 heteroatoms. The lowest BCUT2D eigenvalue weighted by atomic mass is 9.86.